The summed E-state index contributed by atoms with van der Waals surface area (Å²) >= 11 is 6.09. The first kappa shape index (κ1) is 20.3. The number of hydrogen-bond donors (Lipinski definition) is 2. The number of aryl methyl sites for hydroxylation is 1. The Morgan fingerprint density at radius 1 is 1.15 bits per heavy atom. The van der Waals surface area contributed by atoms with Crippen molar-refractivity contribution in [3.63, 3.8) is 0 Å². The number of rotatable bonds is 7. The summed E-state index contributed by atoms with van der Waals surface area (Å²) in [6, 6.07) is 6.80. The Hall–Kier alpha value is -3.00. The summed E-state index contributed by atoms with van der Waals surface area (Å²) in [4.78, 5) is 22.8. The Kier molecular flexibility index (Phi) is 6.46. The number of benzene rings is 2. The molecule has 2 aromatic carbocycles. The maximum Gasteiger partial charge on any atom is 0.273 e. The maximum atomic E-state index is 12.5. The fraction of sp³-hybridized carbons (Fsp3) is 0.278. The summed E-state index contributed by atoms with van der Waals surface area (Å²) in [5.41, 5.74) is 1.67. The summed E-state index contributed by atoms with van der Waals surface area (Å²) in [7, 11) is 2.89. The van der Waals surface area contributed by atoms with E-state index in [0.717, 1.165) is 5.56 Å². The van der Waals surface area contributed by atoms with E-state index in [2.05, 4.69) is 10.6 Å². The lowest BCUT2D eigenvalue weighted by molar-refractivity contribution is -0.384. The van der Waals surface area contributed by atoms with Crippen LogP contribution in [0.2, 0.25) is 5.02 Å². The first-order valence-corrected chi connectivity index (χ1v) is 8.38. The van der Waals surface area contributed by atoms with Crippen molar-refractivity contribution >= 4 is 34.6 Å². The molecule has 0 unspecified atom stereocenters. The zero-order valence-electron chi connectivity index (χ0n) is 15.3. The van der Waals surface area contributed by atoms with Gasteiger partial charge in [-0.25, -0.2) is 0 Å². The number of amides is 1. The molecule has 0 aliphatic rings. The smallest absolute Gasteiger partial charge is 0.273 e. The number of halogens is 1. The van der Waals surface area contributed by atoms with Crippen LogP contribution in [-0.4, -0.2) is 31.1 Å². The summed E-state index contributed by atoms with van der Waals surface area (Å²) < 4.78 is 10.4. The van der Waals surface area contributed by atoms with Gasteiger partial charge in [-0.3, -0.25) is 14.9 Å². The number of anilines is 2. The van der Waals surface area contributed by atoms with Gasteiger partial charge in [0, 0.05) is 17.2 Å². The fourth-order valence-electron chi connectivity index (χ4n) is 2.38. The van der Waals surface area contributed by atoms with Gasteiger partial charge >= 0.3 is 0 Å². The van der Waals surface area contributed by atoms with Crippen LogP contribution in [0.3, 0.4) is 0 Å². The summed E-state index contributed by atoms with van der Waals surface area (Å²) in [6.07, 6.45) is 0. The van der Waals surface area contributed by atoms with Crippen molar-refractivity contribution in [2.24, 2.45) is 0 Å². The highest BCUT2D eigenvalue weighted by molar-refractivity contribution is 6.31. The molecule has 0 aromatic heterocycles. The molecule has 0 spiro atoms. The lowest BCUT2D eigenvalue weighted by Crippen LogP contribution is -2.32. The van der Waals surface area contributed by atoms with Crippen LogP contribution in [0.15, 0.2) is 30.3 Å². The van der Waals surface area contributed by atoms with Crippen molar-refractivity contribution in [1.29, 1.82) is 0 Å². The molecule has 2 rings (SSSR count). The minimum absolute atomic E-state index is 0.127. The number of methoxy groups -OCH3 is 2. The molecule has 27 heavy (non-hydrogen) atoms. The predicted molar refractivity (Wildman–Crippen MR) is 104 cm³/mol. The van der Waals surface area contributed by atoms with E-state index in [1.807, 2.05) is 6.92 Å². The lowest BCUT2D eigenvalue weighted by Gasteiger charge is -2.19. The summed E-state index contributed by atoms with van der Waals surface area (Å²) in [5.74, 6) is 0.361. The number of non-ortho nitro benzene ring substituents is 1. The molecule has 2 N–H and O–H groups in total. The molecule has 0 heterocycles. The van der Waals surface area contributed by atoms with E-state index in [0.29, 0.717) is 22.1 Å². The van der Waals surface area contributed by atoms with E-state index >= 15 is 0 Å². The minimum Gasteiger partial charge on any atom is -0.495 e. The molecule has 0 aliphatic carbocycles. The van der Waals surface area contributed by atoms with Crippen LogP contribution in [0, 0.1) is 17.0 Å². The molecule has 1 atom stereocenters. The SMILES string of the molecule is COc1cc([N+](=O)[O-])ccc1NC(=O)[C@@H](C)Nc1cc(C)c(Cl)cc1OC. The summed E-state index contributed by atoms with van der Waals surface area (Å²) in [5, 5.41) is 17.2. The molecular weight excluding hydrogens is 374 g/mol. The topological polar surface area (TPSA) is 103 Å². The number of carbonyl (C=O) groups excluding carboxylic acids is 1. The van der Waals surface area contributed by atoms with Gasteiger partial charge in [0.2, 0.25) is 5.91 Å². The second-order valence-corrected chi connectivity index (χ2v) is 6.21. The van der Waals surface area contributed by atoms with E-state index in [9.17, 15) is 14.9 Å². The number of nitrogens with one attached hydrogen (secondary N) is 2. The molecule has 0 bridgehead atoms. The van der Waals surface area contributed by atoms with Crippen molar-refractivity contribution in [3.8, 4) is 11.5 Å². The molecule has 0 aliphatic heterocycles. The molecule has 0 fully saturated rings. The molecule has 9 heteroatoms. The highest BCUT2D eigenvalue weighted by atomic mass is 35.5. The van der Waals surface area contributed by atoms with Crippen molar-refractivity contribution < 1.29 is 19.2 Å². The highest BCUT2D eigenvalue weighted by Crippen LogP contribution is 2.32. The quantitative estimate of drug-likeness (QED) is 0.544. The van der Waals surface area contributed by atoms with E-state index in [1.165, 1.54) is 32.4 Å². The third kappa shape index (κ3) is 4.79. The minimum atomic E-state index is -0.626. The Bertz CT molecular complexity index is 872. The van der Waals surface area contributed by atoms with Crippen molar-refractivity contribution in [2.75, 3.05) is 24.9 Å². The first-order valence-electron chi connectivity index (χ1n) is 8.00. The van der Waals surface area contributed by atoms with Crippen molar-refractivity contribution in [1.82, 2.24) is 0 Å². The Morgan fingerprint density at radius 2 is 1.78 bits per heavy atom. The molecule has 0 saturated heterocycles. The summed E-state index contributed by atoms with van der Waals surface area (Å²) in [6.45, 7) is 3.52. The maximum absolute atomic E-state index is 12.5. The number of nitro groups is 1. The van der Waals surface area contributed by atoms with Crippen molar-refractivity contribution in [3.05, 3.63) is 51.0 Å². The van der Waals surface area contributed by atoms with Gasteiger partial charge in [0.25, 0.3) is 5.69 Å². The van der Waals surface area contributed by atoms with Crippen molar-refractivity contribution in [2.45, 2.75) is 19.9 Å². The van der Waals surface area contributed by atoms with Gasteiger partial charge in [0.05, 0.1) is 36.6 Å². The third-order valence-corrected chi connectivity index (χ3v) is 4.31. The molecule has 2 aromatic rings. The number of ether oxygens (including phenoxy) is 2. The van der Waals surface area contributed by atoms with Gasteiger partial charge in [-0.15, -0.1) is 0 Å². The van der Waals surface area contributed by atoms with Crippen LogP contribution in [0.1, 0.15) is 12.5 Å². The van der Waals surface area contributed by atoms with Crippen LogP contribution >= 0.6 is 11.6 Å². The average molecular weight is 394 g/mol. The highest BCUT2D eigenvalue weighted by Gasteiger charge is 2.19. The zero-order chi connectivity index (χ0) is 20.1. The van der Waals surface area contributed by atoms with Gasteiger partial charge in [-0.05, 0) is 31.5 Å². The van der Waals surface area contributed by atoms with E-state index < -0.39 is 11.0 Å². The van der Waals surface area contributed by atoms with Gasteiger partial charge in [-0.2, -0.15) is 0 Å². The van der Waals surface area contributed by atoms with Gasteiger partial charge in [0.15, 0.2) is 0 Å². The van der Waals surface area contributed by atoms with Crippen LogP contribution in [0.25, 0.3) is 0 Å². The third-order valence-electron chi connectivity index (χ3n) is 3.90. The largest absolute Gasteiger partial charge is 0.495 e. The number of nitro benzene ring substituents is 1. The Labute approximate surface area is 161 Å². The van der Waals surface area contributed by atoms with E-state index in [4.69, 9.17) is 21.1 Å². The standard InChI is InChI=1S/C18H20ClN3O5/c1-10-7-15(17(27-4)9-13(10)19)20-11(2)18(23)21-14-6-5-12(22(24)25)8-16(14)26-3/h5-9,11,20H,1-4H3,(H,21,23)/t11-/m1/s1. The molecule has 1 amide bonds. The molecular formula is C18H20ClN3O5. The fourth-order valence-corrected chi connectivity index (χ4v) is 2.54. The van der Waals surface area contributed by atoms with Crippen LogP contribution in [0.4, 0.5) is 17.1 Å². The zero-order valence-corrected chi connectivity index (χ0v) is 16.1. The Morgan fingerprint density at radius 3 is 2.37 bits per heavy atom. The average Bonchev–Trinajstić information content (AvgIpc) is 2.64. The molecule has 8 nitrogen and oxygen atoms in total. The monoisotopic (exact) mass is 393 g/mol. The van der Waals surface area contributed by atoms with Crippen LogP contribution in [0.5, 0.6) is 11.5 Å². The Balaban J connectivity index is 2.17. The number of carbonyl (C=O) groups is 1. The number of nitrogens with zero attached hydrogens (tertiary/aromatic N) is 1. The second-order valence-electron chi connectivity index (χ2n) is 5.80. The molecule has 144 valence electrons. The van der Waals surface area contributed by atoms with E-state index in [1.54, 1.807) is 19.1 Å². The van der Waals surface area contributed by atoms with Crippen LogP contribution < -0.4 is 20.1 Å². The number of hydrogen-bond acceptors (Lipinski definition) is 6. The van der Waals surface area contributed by atoms with Gasteiger partial charge in [0.1, 0.15) is 17.5 Å². The molecule has 0 saturated carbocycles. The van der Waals surface area contributed by atoms with Crippen LogP contribution in [-0.2, 0) is 4.79 Å². The van der Waals surface area contributed by atoms with E-state index in [-0.39, 0.29) is 17.3 Å². The van der Waals surface area contributed by atoms with Gasteiger partial charge < -0.3 is 20.1 Å². The lowest BCUT2D eigenvalue weighted by atomic mass is 10.1. The second kappa shape index (κ2) is 8.59. The normalized spacial score (nSPS) is 11.4. The molecule has 0 radical (unpaired) electrons. The predicted octanol–water partition coefficient (Wildman–Crippen LogP) is 4.01. The first-order chi connectivity index (χ1) is 12.8. The van der Waals surface area contributed by atoms with Gasteiger partial charge in [-0.1, -0.05) is 11.6 Å².